The van der Waals surface area contributed by atoms with Gasteiger partial charge in [0.05, 0.1) is 0 Å². The van der Waals surface area contributed by atoms with Gasteiger partial charge in [-0.1, -0.05) is 24.3 Å². The minimum Gasteiger partial charge on any atom is -0.398 e. The third-order valence-corrected chi connectivity index (χ3v) is 3.47. The van der Waals surface area contributed by atoms with Gasteiger partial charge in [0.1, 0.15) is 0 Å². The fourth-order valence-electron chi connectivity index (χ4n) is 2.35. The second-order valence-corrected chi connectivity index (χ2v) is 5.08. The highest BCUT2D eigenvalue weighted by Crippen LogP contribution is 2.24. The number of nitrogens with two attached hydrogens (primary N) is 1. The summed E-state index contributed by atoms with van der Waals surface area (Å²) in [6.45, 7) is 5.73. The van der Waals surface area contributed by atoms with Crippen molar-refractivity contribution >= 4 is 17.2 Å². The van der Waals surface area contributed by atoms with Gasteiger partial charge in [0.2, 0.25) is 0 Å². The van der Waals surface area contributed by atoms with Crippen LogP contribution in [0.15, 0.2) is 42.5 Å². The van der Waals surface area contributed by atoms with Crippen LogP contribution in [0.4, 0.5) is 11.4 Å². The zero-order chi connectivity index (χ0) is 14.7. The van der Waals surface area contributed by atoms with Crippen LogP contribution in [-0.2, 0) is 0 Å². The number of nitrogen functional groups attached to an aromatic ring is 1. The van der Waals surface area contributed by atoms with Crippen LogP contribution in [0.1, 0.15) is 41.4 Å². The lowest BCUT2D eigenvalue weighted by atomic mass is 10.0. The largest absolute Gasteiger partial charge is 0.398 e. The van der Waals surface area contributed by atoms with Crippen molar-refractivity contribution in [1.29, 1.82) is 0 Å². The molecule has 0 saturated carbocycles. The van der Waals surface area contributed by atoms with Crippen molar-refractivity contribution in [2.24, 2.45) is 0 Å². The first-order valence-corrected chi connectivity index (χ1v) is 6.71. The number of benzene rings is 2. The Hall–Kier alpha value is -2.29. The van der Waals surface area contributed by atoms with Crippen molar-refractivity contribution < 1.29 is 4.79 Å². The number of anilines is 2. The van der Waals surface area contributed by atoms with Gasteiger partial charge in [0.25, 0.3) is 0 Å². The molecule has 0 spiro atoms. The quantitative estimate of drug-likeness (QED) is 0.652. The van der Waals surface area contributed by atoms with Crippen LogP contribution in [0.2, 0.25) is 0 Å². The maximum atomic E-state index is 11.5. The molecule has 0 aliphatic rings. The number of nitrogens with one attached hydrogen (secondary N) is 1. The number of carbonyl (C=O) groups excluding carboxylic acids is 1. The monoisotopic (exact) mass is 268 g/mol. The van der Waals surface area contributed by atoms with Crippen LogP contribution in [0.25, 0.3) is 0 Å². The standard InChI is InChI=1S/C17H20N2O/c1-11-6-4-5-7-15(11)12(2)19-14-8-9-17(18)16(10-14)13(3)20/h4-10,12,19H,18H2,1-3H3. The highest BCUT2D eigenvalue weighted by molar-refractivity contribution is 6.00. The first-order chi connectivity index (χ1) is 9.49. The summed E-state index contributed by atoms with van der Waals surface area (Å²) in [5, 5.41) is 3.41. The SMILES string of the molecule is CC(=O)c1cc(NC(C)c2ccccc2C)ccc1N. The zero-order valence-corrected chi connectivity index (χ0v) is 12.1. The highest BCUT2D eigenvalue weighted by atomic mass is 16.1. The Morgan fingerprint density at radius 3 is 2.55 bits per heavy atom. The average Bonchev–Trinajstić information content (AvgIpc) is 2.41. The molecule has 0 fully saturated rings. The van der Waals surface area contributed by atoms with E-state index in [1.807, 2.05) is 24.3 Å². The molecule has 1 atom stereocenters. The van der Waals surface area contributed by atoms with E-state index >= 15 is 0 Å². The van der Waals surface area contributed by atoms with Gasteiger partial charge in [-0.2, -0.15) is 0 Å². The Bertz CT molecular complexity index is 635. The Kier molecular flexibility index (Phi) is 4.08. The number of rotatable bonds is 4. The molecule has 0 aliphatic heterocycles. The van der Waals surface area contributed by atoms with E-state index in [-0.39, 0.29) is 11.8 Å². The van der Waals surface area contributed by atoms with E-state index in [9.17, 15) is 4.79 Å². The minimum atomic E-state index is -0.0188. The van der Waals surface area contributed by atoms with Crippen LogP contribution in [0, 0.1) is 6.92 Å². The highest BCUT2D eigenvalue weighted by Gasteiger charge is 2.10. The van der Waals surface area contributed by atoms with E-state index in [2.05, 4.69) is 31.3 Å². The molecular formula is C17H20N2O. The zero-order valence-electron chi connectivity index (χ0n) is 12.1. The second kappa shape index (κ2) is 5.78. The van der Waals surface area contributed by atoms with Crippen molar-refractivity contribution in [2.75, 3.05) is 11.1 Å². The summed E-state index contributed by atoms with van der Waals surface area (Å²) in [6.07, 6.45) is 0. The van der Waals surface area contributed by atoms with Crippen molar-refractivity contribution in [1.82, 2.24) is 0 Å². The smallest absolute Gasteiger partial charge is 0.161 e. The van der Waals surface area contributed by atoms with Gasteiger partial charge in [-0.15, -0.1) is 0 Å². The van der Waals surface area contributed by atoms with Gasteiger partial charge in [-0.25, -0.2) is 0 Å². The lowest BCUT2D eigenvalue weighted by Gasteiger charge is -2.18. The molecule has 0 aromatic heterocycles. The maximum Gasteiger partial charge on any atom is 0.161 e. The van der Waals surface area contributed by atoms with Gasteiger partial charge < -0.3 is 11.1 Å². The summed E-state index contributed by atoms with van der Waals surface area (Å²) in [5.41, 5.74) is 10.3. The Labute approximate surface area is 119 Å². The summed E-state index contributed by atoms with van der Waals surface area (Å²) < 4.78 is 0. The van der Waals surface area contributed by atoms with E-state index < -0.39 is 0 Å². The van der Waals surface area contributed by atoms with Crippen LogP contribution in [0.3, 0.4) is 0 Å². The van der Waals surface area contributed by atoms with E-state index in [1.165, 1.54) is 18.1 Å². The molecule has 0 radical (unpaired) electrons. The summed E-state index contributed by atoms with van der Waals surface area (Å²) >= 11 is 0. The van der Waals surface area contributed by atoms with Crippen molar-refractivity contribution in [3.05, 3.63) is 59.2 Å². The molecule has 3 nitrogen and oxygen atoms in total. The van der Waals surface area contributed by atoms with Crippen molar-refractivity contribution in [2.45, 2.75) is 26.8 Å². The van der Waals surface area contributed by atoms with E-state index in [0.717, 1.165) is 5.69 Å². The second-order valence-electron chi connectivity index (χ2n) is 5.08. The molecular weight excluding hydrogens is 248 g/mol. The Morgan fingerprint density at radius 2 is 1.90 bits per heavy atom. The number of ketones is 1. The number of Topliss-reactive ketones (excluding diaryl/α,β-unsaturated/α-hetero) is 1. The molecule has 3 N–H and O–H groups in total. The molecule has 3 heteroatoms. The maximum absolute atomic E-state index is 11.5. The van der Waals surface area contributed by atoms with Gasteiger partial charge in [0, 0.05) is 23.0 Å². The molecule has 104 valence electrons. The van der Waals surface area contributed by atoms with Gasteiger partial charge in [-0.3, -0.25) is 4.79 Å². The molecule has 1 unspecified atom stereocenters. The first kappa shape index (κ1) is 14.1. The van der Waals surface area contributed by atoms with Gasteiger partial charge in [0.15, 0.2) is 5.78 Å². The predicted molar refractivity (Wildman–Crippen MR) is 84.1 cm³/mol. The minimum absolute atomic E-state index is 0.0188. The van der Waals surface area contributed by atoms with Crippen LogP contribution in [-0.4, -0.2) is 5.78 Å². The van der Waals surface area contributed by atoms with Gasteiger partial charge >= 0.3 is 0 Å². The molecule has 2 aromatic carbocycles. The predicted octanol–water partition coefficient (Wildman–Crippen LogP) is 3.95. The van der Waals surface area contributed by atoms with Crippen molar-refractivity contribution in [3.8, 4) is 0 Å². The normalized spacial score (nSPS) is 11.9. The lowest BCUT2D eigenvalue weighted by molar-refractivity contribution is 0.101. The molecule has 0 saturated heterocycles. The average molecular weight is 268 g/mol. The first-order valence-electron chi connectivity index (χ1n) is 6.71. The molecule has 2 aromatic rings. The van der Waals surface area contributed by atoms with Crippen LogP contribution in [0.5, 0.6) is 0 Å². The van der Waals surface area contributed by atoms with E-state index in [4.69, 9.17) is 5.73 Å². The Balaban J connectivity index is 2.24. The number of hydrogen-bond acceptors (Lipinski definition) is 3. The summed E-state index contributed by atoms with van der Waals surface area (Å²) in [4.78, 5) is 11.5. The van der Waals surface area contributed by atoms with Gasteiger partial charge in [-0.05, 0) is 50.1 Å². The van der Waals surface area contributed by atoms with E-state index in [0.29, 0.717) is 11.3 Å². The molecule has 0 aliphatic carbocycles. The number of hydrogen-bond donors (Lipinski definition) is 2. The molecule has 20 heavy (non-hydrogen) atoms. The third-order valence-electron chi connectivity index (χ3n) is 3.47. The summed E-state index contributed by atoms with van der Waals surface area (Å²) in [7, 11) is 0. The van der Waals surface area contributed by atoms with Crippen LogP contribution >= 0.6 is 0 Å². The lowest BCUT2D eigenvalue weighted by Crippen LogP contribution is -2.09. The molecule has 2 rings (SSSR count). The molecule has 0 heterocycles. The van der Waals surface area contributed by atoms with Crippen LogP contribution < -0.4 is 11.1 Å². The van der Waals surface area contributed by atoms with E-state index in [1.54, 1.807) is 6.07 Å². The van der Waals surface area contributed by atoms with Crippen molar-refractivity contribution in [3.63, 3.8) is 0 Å². The number of carbonyl (C=O) groups is 1. The summed E-state index contributed by atoms with van der Waals surface area (Å²) in [6, 6.07) is 13.9. The summed E-state index contributed by atoms with van der Waals surface area (Å²) in [5.74, 6) is -0.0188. The number of aryl methyl sites for hydroxylation is 1. The Morgan fingerprint density at radius 1 is 1.20 bits per heavy atom. The molecule has 0 bridgehead atoms. The fraction of sp³-hybridized carbons (Fsp3) is 0.235. The fourth-order valence-corrected chi connectivity index (χ4v) is 2.35. The topological polar surface area (TPSA) is 55.1 Å². The third kappa shape index (κ3) is 2.99. The molecule has 0 amide bonds.